The van der Waals surface area contributed by atoms with Crippen LogP contribution in [-0.2, 0) is 9.53 Å². The first-order valence-corrected chi connectivity index (χ1v) is 8.87. The van der Waals surface area contributed by atoms with E-state index in [1.54, 1.807) is 19.0 Å². The Kier molecular flexibility index (Phi) is 6.69. The summed E-state index contributed by atoms with van der Waals surface area (Å²) in [5, 5.41) is 6.89. The fourth-order valence-corrected chi connectivity index (χ4v) is 3.13. The van der Waals surface area contributed by atoms with E-state index in [0.29, 0.717) is 6.04 Å². The summed E-state index contributed by atoms with van der Waals surface area (Å²) in [5.74, 6) is 0.752. The zero-order valence-corrected chi connectivity index (χ0v) is 14.9. The van der Waals surface area contributed by atoms with Crippen molar-refractivity contribution in [3.8, 4) is 0 Å². The first-order chi connectivity index (χ1) is 11.0. The smallest absolute Gasteiger partial charge is 0.243 e. The summed E-state index contributed by atoms with van der Waals surface area (Å²) in [6.45, 7) is 3.87. The number of amides is 1. The third kappa shape index (κ3) is 6.01. The average Bonchev–Trinajstić information content (AvgIpc) is 2.97. The van der Waals surface area contributed by atoms with Gasteiger partial charge in [-0.1, -0.05) is 19.3 Å². The molecule has 6 heteroatoms. The number of rotatable bonds is 5. The Morgan fingerprint density at radius 1 is 1.26 bits per heavy atom. The number of hydrogen-bond donors (Lipinski definition) is 2. The molecule has 1 atom stereocenters. The molecule has 2 fully saturated rings. The van der Waals surface area contributed by atoms with Gasteiger partial charge in [-0.2, -0.15) is 0 Å². The van der Waals surface area contributed by atoms with Gasteiger partial charge in [-0.05, 0) is 32.6 Å². The minimum atomic E-state index is -0.124. The maximum atomic E-state index is 11.8. The molecule has 1 aliphatic carbocycles. The van der Waals surface area contributed by atoms with Gasteiger partial charge in [-0.15, -0.1) is 0 Å². The maximum Gasteiger partial charge on any atom is 0.243 e. The fourth-order valence-electron chi connectivity index (χ4n) is 3.13. The summed E-state index contributed by atoms with van der Waals surface area (Å²) in [6, 6.07) is 0.460. The van der Waals surface area contributed by atoms with Crippen LogP contribution in [-0.4, -0.2) is 62.2 Å². The van der Waals surface area contributed by atoms with Crippen LogP contribution in [0.1, 0.15) is 51.9 Å². The zero-order chi connectivity index (χ0) is 16.7. The molecule has 1 aliphatic heterocycles. The number of carbonyl (C=O) groups is 1. The van der Waals surface area contributed by atoms with Crippen molar-refractivity contribution in [2.45, 2.75) is 63.5 Å². The van der Waals surface area contributed by atoms with Crippen molar-refractivity contribution >= 4 is 11.9 Å². The average molecular weight is 324 g/mol. The Morgan fingerprint density at radius 2 is 2.00 bits per heavy atom. The Morgan fingerprint density at radius 3 is 2.61 bits per heavy atom. The fraction of sp³-hybridized carbons (Fsp3) is 0.882. The second kappa shape index (κ2) is 8.52. The third-order valence-corrected chi connectivity index (χ3v) is 4.75. The van der Waals surface area contributed by atoms with E-state index in [-0.39, 0.29) is 18.1 Å². The Labute approximate surface area is 140 Å². The summed E-state index contributed by atoms with van der Waals surface area (Å²) >= 11 is 0. The van der Waals surface area contributed by atoms with E-state index in [1.165, 1.54) is 32.1 Å². The quantitative estimate of drug-likeness (QED) is 0.594. The second-order valence-electron chi connectivity index (χ2n) is 7.19. The van der Waals surface area contributed by atoms with Gasteiger partial charge in [0.2, 0.25) is 5.91 Å². The molecule has 1 amide bonds. The molecule has 2 rings (SSSR count). The molecule has 0 radical (unpaired) electrons. The number of likely N-dealkylation sites (N-methyl/N-ethyl adjacent to an activating group) is 1. The molecule has 0 bridgehead atoms. The highest BCUT2D eigenvalue weighted by molar-refractivity contribution is 5.85. The van der Waals surface area contributed by atoms with E-state index < -0.39 is 0 Å². The van der Waals surface area contributed by atoms with E-state index in [4.69, 9.17) is 4.74 Å². The summed E-state index contributed by atoms with van der Waals surface area (Å²) in [6.07, 6.45) is 8.38. The topological polar surface area (TPSA) is 66.0 Å². The van der Waals surface area contributed by atoms with Gasteiger partial charge in [-0.3, -0.25) is 4.79 Å². The number of hydrogen-bond acceptors (Lipinski definition) is 3. The van der Waals surface area contributed by atoms with Crippen molar-refractivity contribution < 1.29 is 9.53 Å². The first kappa shape index (κ1) is 18.0. The number of carbonyl (C=O) groups excluding carboxylic acids is 1. The summed E-state index contributed by atoms with van der Waals surface area (Å²) in [5.41, 5.74) is -0.124. The Hall–Kier alpha value is -1.30. The van der Waals surface area contributed by atoms with Crippen molar-refractivity contribution in [3.63, 3.8) is 0 Å². The highest BCUT2D eigenvalue weighted by atomic mass is 16.5. The maximum absolute atomic E-state index is 11.8. The lowest BCUT2D eigenvalue weighted by Crippen LogP contribution is -2.49. The van der Waals surface area contributed by atoms with Crippen LogP contribution in [0.2, 0.25) is 0 Å². The molecule has 6 nitrogen and oxygen atoms in total. The molecule has 1 heterocycles. The van der Waals surface area contributed by atoms with Crippen molar-refractivity contribution in [1.82, 2.24) is 15.5 Å². The number of nitrogens with one attached hydrogen (secondary N) is 2. The van der Waals surface area contributed by atoms with Crippen molar-refractivity contribution in [3.05, 3.63) is 0 Å². The lowest BCUT2D eigenvalue weighted by molar-refractivity contribution is -0.127. The molecule has 0 aromatic heterocycles. The second-order valence-corrected chi connectivity index (χ2v) is 7.19. The van der Waals surface area contributed by atoms with Crippen molar-refractivity contribution in [2.75, 3.05) is 33.8 Å². The molecular weight excluding hydrogens is 292 g/mol. The summed E-state index contributed by atoms with van der Waals surface area (Å²) in [4.78, 5) is 17.9. The minimum Gasteiger partial charge on any atom is -0.373 e. The Balaban J connectivity index is 1.91. The number of nitrogens with zero attached hydrogens (tertiary/aromatic N) is 2. The first-order valence-electron chi connectivity index (χ1n) is 8.87. The predicted molar refractivity (Wildman–Crippen MR) is 92.6 cm³/mol. The number of guanidine groups is 1. The highest BCUT2D eigenvalue weighted by Crippen LogP contribution is 2.24. The van der Waals surface area contributed by atoms with Crippen molar-refractivity contribution in [1.29, 1.82) is 0 Å². The number of aliphatic imine (C=N–C) groups is 1. The van der Waals surface area contributed by atoms with Gasteiger partial charge in [0.25, 0.3) is 0 Å². The lowest BCUT2D eigenvalue weighted by Gasteiger charge is -2.28. The molecule has 132 valence electrons. The van der Waals surface area contributed by atoms with Crippen LogP contribution in [0.4, 0.5) is 0 Å². The summed E-state index contributed by atoms with van der Waals surface area (Å²) < 4.78 is 5.82. The van der Waals surface area contributed by atoms with E-state index in [0.717, 1.165) is 32.0 Å². The van der Waals surface area contributed by atoms with E-state index in [1.807, 2.05) is 0 Å². The summed E-state index contributed by atoms with van der Waals surface area (Å²) in [7, 11) is 3.51. The van der Waals surface area contributed by atoms with Crippen LogP contribution >= 0.6 is 0 Å². The number of ether oxygens (including phenoxy) is 1. The lowest BCUT2D eigenvalue weighted by atomic mass is 9.96. The standard InChI is InChI=1S/C17H32N4O2/c1-17(10-7-11-23-17)13-19-16(18-12-15(22)21(2)3)20-14-8-5-4-6-9-14/h14H,4-13H2,1-3H3,(H2,18,19,20). The predicted octanol–water partition coefficient (Wildman–Crippen LogP) is 1.51. The van der Waals surface area contributed by atoms with Crippen LogP contribution in [0.5, 0.6) is 0 Å². The SMILES string of the molecule is CN(C)C(=O)CN=C(NCC1(C)CCCO1)NC1CCCCC1. The molecule has 1 saturated carbocycles. The molecule has 2 N–H and O–H groups in total. The molecule has 1 saturated heterocycles. The molecule has 0 aromatic carbocycles. The van der Waals surface area contributed by atoms with Gasteiger partial charge >= 0.3 is 0 Å². The molecule has 0 aromatic rings. The van der Waals surface area contributed by atoms with Crippen LogP contribution in [0.15, 0.2) is 4.99 Å². The van der Waals surface area contributed by atoms with Gasteiger partial charge < -0.3 is 20.3 Å². The highest BCUT2D eigenvalue weighted by Gasteiger charge is 2.30. The van der Waals surface area contributed by atoms with E-state index >= 15 is 0 Å². The third-order valence-electron chi connectivity index (χ3n) is 4.75. The molecule has 1 unspecified atom stereocenters. The normalized spacial score (nSPS) is 26.1. The molecule has 0 spiro atoms. The van der Waals surface area contributed by atoms with Crippen LogP contribution in [0.3, 0.4) is 0 Å². The Bertz CT molecular complexity index is 411. The van der Waals surface area contributed by atoms with Gasteiger partial charge in [0.15, 0.2) is 5.96 Å². The van der Waals surface area contributed by atoms with Gasteiger partial charge in [0.05, 0.1) is 5.60 Å². The minimum absolute atomic E-state index is 0.0121. The van der Waals surface area contributed by atoms with Gasteiger partial charge in [0, 0.05) is 33.3 Å². The van der Waals surface area contributed by atoms with Crippen LogP contribution in [0.25, 0.3) is 0 Å². The molecule has 23 heavy (non-hydrogen) atoms. The van der Waals surface area contributed by atoms with E-state index in [2.05, 4.69) is 22.5 Å². The largest absolute Gasteiger partial charge is 0.373 e. The monoisotopic (exact) mass is 324 g/mol. The van der Waals surface area contributed by atoms with Crippen LogP contribution < -0.4 is 10.6 Å². The van der Waals surface area contributed by atoms with E-state index in [9.17, 15) is 4.79 Å². The molecular formula is C17H32N4O2. The molecule has 2 aliphatic rings. The van der Waals surface area contributed by atoms with Crippen molar-refractivity contribution in [2.24, 2.45) is 4.99 Å². The van der Waals surface area contributed by atoms with Gasteiger partial charge in [-0.25, -0.2) is 4.99 Å². The zero-order valence-electron chi connectivity index (χ0n) is 14.9. The van der Waals surface area contributed by atoms with Gasteiger partial charge in [0.1, 0.15) is 6.54 Å². The van der Waals surface area contributed by atoms with Crippen LogP contribution in [0, 0.1) is 0 Å².